The van der Waals surface area contributed by atoms with Crippen molar-refractivity contribution in [2.75, 3.05) is 10.8 Å². The maximum Gasteiger partial charge on any atom is 0.264 e. The summed E-state index contributed by atoms with van der Waals surface area (Å²) in [5.41, 5.74) is 1.27. The predicted octanol–water partition coefficient (Wildman–Crippen LogP) is 4.92. The van der Waals surface area contributed by atoms with Crippen LogP contribution >= 0.6 is 11.6 Å². The van der Waals surface area contributed by atoms with E-state index < -0.39 is 40.2 Å². The van der Waals surface area contributed by atoms with E-state index in [9.17, 15) is 22.4 Å². The quantitative estimate of drug-likeness (QED) is 0.382. The molecule has 0 spiro atoms. The van der Waals surface area contributed by atoms with Crippen molar-refractivity contribution in [1.82, 2.24) is 10.2 Å². The van der Waals surface area contributed by atoms with E-state index in [1.165, 1.54) is 54.3 Å². The summed E-state index contributed by atoms with van der Waals surface area (Å²) >= 11 is 5.96. The largest absolute Gasteiger partial charge is 0.352 e. The Morgan fingerprint density at radius 3 is 2.24 bits per heavy atom. The number of nitrogens with one attached hydrogen (secondary N) is 1. The monoisotopic (exact) mass is 559 g/mol. The fourth-order valence-electron chi connectivity index (χ4n) is 3.84. The maximum atomic E-state index is 14.5. The lowest BCUT2D eigenvalue weighted by atomic mass is 10.1. The average Bonchev–Trinajstić information content (AvgIpc) is 2.86. The molecule has 3 aromatic carbocycles. The van der Waals surface area contributed by atoms with Crippen LogP contribution < -0.4 is 9.62 Å². The van der Waals surface area contributed by atoms with Gasteiger partial charge in [0.1, 0.15) is 18.4 Å². The zero-order valence-electron chi connectivity index (χ0n) is 21.7. The maximum absolute atomic E-state index is 14.5. The first-order valence-electron chi connectivity index (χ1n) is 12.1. The molecule has 0 fully saturated rings. The van der Waals surface area contributed by atoms with Gasteiger partial charge in [0.2, 0.25) is 11.8 Å². The Morgan fingerprint density at radius 1 is 0.974 bits per heavy atom. The lowest BCUT2D eigenvalue weighted by Crippen LogP contribution is -2.52. The van der Waals surface area contributed by atoms with Crippen LogP contribution in [0, 0.1) is 12.7 Å². The summed E-state index contributed by atoms with van der Waals surface area (Å²) in [6.45, 7) is 6.07. The normalized spacial score (nSPS) is 12.2. The Hall–Kier alpha value is -3.43. The van der Waals surface area contributed by atoms with Gasteiger partial charge < -0.3 is 10.2 Å². The first-order chi connectivity index (χ1) is 17.9. The van der Waals surface area contributed by atoms with E-state index in [4.69, 9.17) is 11.6 Å². The predicted molar refractivity (Wildman–Crippen MR) is 147 cm³/mol. The number of aryl methyl sites for hydroxylation is 1. The van der Waals surface area contributed by atoms with Crippen LogP contribution in [0.4, 0.5) is 10.1 Å². The van der Waals surface area contributed by atoms with Crippen LogP contribution in [0.1, 0.15) is 31.9 Å². The number of carbonyl (C=O) groups excluding carboxylic acids is 2. The number of amides is 2. The van der Waals surface area contributed by atoms with Crippen molar-refractivity contribution in [2.45, 2.75) is 51.2 Å². The third-order valence-corrected chi connectivity index (χ3v) is 7.91. The van der Waals surface area contributed by atoms with Crippen LogP contribution in [0.3, 0.4) is 0 Å². The van der Waals surface area contributed by atoms with Gasteiger partial charge >= 0.3 is 0 Å². The number of rotatable bonds is 10. The second-order valence-corrected chi connectivity index (χ2v) is 11.6. The van der Waals surface area contributed by atoms with Crippen LogP contribution in [0.2, 0.25) is 5.02 Å². The average molecular weight is 560 g/mol. The molecule has 38 heavy (non-hydrogen) atoms. The van der Waals surface area contributed by atoms with Crippen molar-refractivity contribution in [2.24, 2.45) is 0 Å². The molecule has 0 radical (unpaired) electrons. The molecule has 202 valence electrons. The van der Waals surface area contributed by atoms with Gasteiger partial charge in [-0.25, -0.2) is 12.8 Å². The Balaban J connectivity index is 2.04. The highest BCUT2D eigenvalue weighted by atomic mass is 35.5. The number of hydrogen-bond donors (Lipinski definition) is 1. The molecular weight excluding hydrogens is 529 g/mol. The second kappa shape index (κ2) is 12.4. The minimum absolute atomic E-state index is 0.0533. The first kappa shape index (κ1) is 29.1. The summed E-state index contributed by atoms with van der Waals surface area (Å²) in [6.07, 6.45) is 0. The fourth-order valence-corrected chi connectivity index (χ4v) is 5.38. The topological polar surface area (TPSA) is 86.8 Å². The molecule has 1 N–H and O–H groups in total. The van der Waals surface area contributed by atoms with Gasteiger partial charge in [0.05, 0.1) is 10.6 Å². The van der Waals surface area contributed by atoms with Gasteiger partial charge in [-0.15, -0.1) is 0 Å². The summed E-state index contributed by atoms with van der Waals surface area (Å²) in [7, 11) is -4.21. The van der Waals surface area contributed by atoms with E-state index in [0.29, 0.717) is 5.02 Å². The van der Waals surface area contributed by atoms with Gasteiger partial charge in [-0.05, 0) is 75.7 Å². The molecule has 0 aromatic heterocycles. The third kappa shape index (κ3) is 7.11. The number of sulfonamides is 1. The minimum Gasteiger partial charge on any atom is -0.352 e. The minimum atomic E-state index is -4.21. The Bertz CT molecular complexity index is 1400. The van der Waals surface area contributed by atoms with Gasteiger partial charge in [-0.1, -0.05) is 41.9 Å². The molecule has 3 rings (SSSR count). The van der Waals surface area contributed by atoms with Gasteiger partial charge in [0.25, 0.3) is 10.0 Å². The molecule has 0 heterocycles. The van der Waals surface area contributed by atoms with E-state index in [0.717, 1.165) is 9.87 Å². The Labute approximate surface area is 228 Å². The molecule has 0 aliphatic heterocycles. The molecule has 1 atom stereocenters. The standard InChI is InChI=1S/C28H31ClFN3O4S/c1-19(2)31-28(35)21(4)32(17-22-9-5-6-11-26(22)30)27(34)18-33(24-10-7-8-20(3)16-24)38(36,37)25-14-12-23(29)13-15-25/h5-16,19,21H,17-18H2,1-4H3,(H,31,35)/t21-/m1/s1. The number of halogens is 2. The Kier molecular flexibility index (Phi) is 9.51. The lowest BCUT2D eigenvalue weighted by Gasteiger charge is -2.32. The zero-order chi connectivity index (χ0) is 28.0. The van der Waals surface area contributed by atoms with E-state index in [-0.39, 0.29) is 28.7 Å². The van der Waals surface area contributed by atoms with Crippen molar-refractivity contribution < 1.29 is 22.4 Å². The molecular formula is C28H31ClFN3O4S. The number of hydrogen-bond acceptors (Lipinski definition) is 4. The molecule has 0 saturated heterocycles. The van der Waals surface area contributed by atoms with Gasteiger partial charge in [0, 0.05) is 23.2 Å². The fraction of sp³-hybridized carbons (Fsp3) is 0.286. The summed E-state index contributed by atoms with van der Waals surface area (Å²) < 4.78 is 43.0. The van der Waals surface area contributed by atoms with Gasteiger partial charge in [-0.3, -0.25) is 13.9 Å². The summed E-state index contributed by atoms with van der Waals surface area (Å²) in [4.78, 5) is 27.8. The number of carbonyl (C=O) groups is 2. The molecule has 0 bridgehead atoms. The molecule has 7 nitrogen and oxygen atoms in total. The van der Waals surface area contributed by atoms with E-state index >= 15 is 0 Å². The van der Waals surface area contributed by atoms with Gasteiger partial charge in [-0.2, -0.15) is 0 Å². The van der Waals surface area contributed by atoms with Crippen LogP contribution in [0.15, 0.2) is 77.7 Å². The van der Waals surface area contributed by atoms with E-state index in [1.807, 2.05) is 0 Å². The van der Waals surface area contributed by atoms with Crippen LogP contribution in [0.25, 0.3) is 0 Å². The summed E-state index contributed by atoms with van der Waals surface area (Å²) in [5, 5.41) is 3.13. The molecule has 0 saturated carbocycles. The van der Waals surface area contributed by atoms with Crippen molar-refractivity contribution >= 4 is 39.1 Å². The molecule has 3 aromatic rings. The molecule has 2 amide bonds. The SMILES string of the molecule is Cc1cccc(N(CC(=O)N(Cc2ccccc2F)[C@H](C)C(=O)NC(C)C)S(=O)(=O)c2ccc(Cl)cc2)c1. The van der Waals surface area contributed by atoms with Crippen molar-refractivity contribution in [3.63, 3.8) is 0 Å². The highest BCUT2D eigenvalue weighted by Crippen LogP contribution is 2.26. The number of anilines is 1. The Morgan fingerprint density at radius 2 is 1.63 bits per heavy atom. The molecule has 0 aliphatic rings. The van der Waals surface area contributed by atoms with Crippen molar-refractivity contribution in [3.05, 3.63) is 94.8 Å². The molecule has 0 unspecified atom stereocenters. The first-order valence-corrected chi connectivity index (χ1v) is 13.9. The molecule has 0 aliphatic carbocycles. The summed E-state index contributed by atoms with van der Waals surface area (Å²) in [5.74, 6) is -1.64. The highest BCUT2D eigenvalue weighted by molar-refractivity contribution is 7.92. The lowest BCUT2D eigenvalue weighted by molar-refractivity contribution is -0.139. The highest BCUT2D eigenvalue weighted by Gasteiger charge is 2.33. The van der Waals surface area contributed by atoms with Crippen LogP contribution in [-0.4, -0.2) is 43.8 Å². The van der Waals surface area contributed by atoms with Crippen molar-refractivity contribution in [1.29, 1.82) is 0 Å². The van der Waals surface area contributed by atoms with E-state index in [1.54, 1.807) is 51.1 Å². The molecule has 10 heteroatoms. The third-order valence-electron chi connectivity index (χ3n) is 5.87. The summed E-state index contributed by atoms with van der Waals surface area (Å²) in [6, 6.07) is 17.1. The number of benzene rings is 3. The van der Waals surface area contributed by atoms with Crippen LogP contribution in [0.5, 0.6) is 0 Å². The zero-order valence-corrected chi connectivity index (χ0v) is 23.3. The van der Waals surface area contributed by atoms with Gasteiger partial charge in [0.15, 0.2) is 0 Å². The van der Waals surface area contributed by atoms with Crippen LogP contribution in [-0.2, 0) is 26.2 Å². The van der Waals surface area contributed by atoms with Crippen molar-refractivity contribution in [3.8, 4) is 0 Å². The second-order valence-electron chi connectivity index (χ2n) is 9.26. The van der Waals surface area contributed by atoms with E-state index in [2.05, 4.69) is 5.32 Å². The smallest absolute Gasteiger partial charge is 0.264 e. The number of nitrogens with zero attached hydrogens (tertiary/aromatic N) is 2.